The van der Waals surface area contributed by atoms with Crippen molar-refractivity contribution >= 4 is 15.9 Å². The zero-order chi connectivity index (χ0) is 22.8. The van der Waals surface area contributed by atoms with E-state index >= 15 is 0 Å². The van der Waals surface area contributed by atoms with Crippen LogP contribution in [0.25, 0.3) is 0 Å². The normalized spacial score (nSPS) is 11.7. The van der Waals surface area contributed by atoms with Gasteiger partial charge in [0.15, 0.2) is 0 Å². The van der Waals surface area contributed by atoms with E-state index < -0.39 is 10.0 Å². The van der Waals surface area contributed by atoms with Gasteiger partial charge >= 0.3 is 0 Å². The fourth-order valence-electron chi connectivity index (χ4n) is 3.33. The molecular weight excluding hydrogens is 412 g/mol. The van der Waals surface area contributed by atoms with Crippen molar-refractivity contribution in [1.29, 1.82) is 0 Å². The Labute approximate surface area is 184 Å². The van der Waals surface area contributed by atoms with Gasteiger partial charge in [0.05, 0.1) is 17.6 Å². The van der Waals surface area contributed by atoms with Crippen LogP contribution < -0.4 is 0 Å². The number of carbonyl (C=O) groups excluding carboxylic acids is 1. The standard InChI is InChI=1S/C23H28N4O3S/c1-17-11-21(12-22(18(17)2)31(29,30)25(3)4)23(28)26(5)14-20-13-24-27(16-20)15-19-9-7-6-8-10-19/h6-13,16H,14-15H2,1-5H3. The molecule has 0 N–H and O–H groups in total. The van der Waals surface area contributed by atoms with Crippen LogP contribution in [0.2, 0.25) is 0 Å². The van der Waals surface area contributed by atoms with E-state index in [-0.39, 0.29) is 10.8 Å². The molecule has 0 aliphatic heterocycles. The highest BCUT2D eigenvalue weighted by Crippen LogP contribution is 2.24. The van der Waals surface area contributed by atoms with Crippen molar-refractivity contribution in [3.8, 4) is 0 Å². The van der Waals surface area contributed by atoms with Crippen LogP contribution in [0, 0.1) is 13.8 Å². The van der Waals surface area contributed by atoms with Crippen LogP contribution in [0.3, 0.4) is 0 Å². The van der Waals surface area contributed by atoms with E-state index in [1.165, 1.54) is 20.2 Å². The molecule has 0 fully saturated rings. The summed E-state index contributed by atoms with van der Waals surface area (Å²) in [5, 5.41) is 4.38. The van der Waals surface area contributed by atoms with Crippen LogP contribution in [-0.4, -0.2) is 54.5 Å². The molecule has 164 valence electrons. The molecule has 1 amide bonds. The average molecular weight is 441 g/mol. The molecule has 0 atom stereocenters. The molecule has 0 aliphatic carbocycles. The Morgan fingerprint density at radius 3 is 2.35 bits per heavy atom. The highest BCUT2D eigenvalue weighted by Gasteiger charge is 2.24. The maximum atomic E-state index is 13.0. The number of benzene rings is 2. The summed E-state index contributed by atoms with van der Waals surface area (Å²) in [6.07, 6.45) is 3.66. The predicted octanol–water partition coefficient (Wildman–Crippen LogP) is 3.07. The molecule has 3 aromatic rings. The lowest BCUT2D eigenvalue weighted by molar-refractivity contribution is 0.0784. The first-order chi connectivity index (χ1) is 14.6. The van der Waals surface area contributed by atoms with E-state index in [1.54, 1.807) is 31.1 Å². The predicted molar refractivity (Wildman–Crippen MR) is 120 cm³/mol. The first-order valence-electron chi connectivity index (χ1n) is 9.94. The van der Waals surface area contributed by atoms with E-state index in [0.717, 1.165) is 21.0 Å². The van der Waals surface area contributed by atoms with Crippen LogP contribution in [0.4, 0.5) is 0 Å². The number of rotatable bonds is 7. The van der Waals surface area contributed by atoms with Gasteiger partial charge < -0.3 is 4.90 Å². The van der Waals surface area contributed by atoms with E-state index in [9.17, 15) is 13.2 Å². The summed E-state index contributed by atoms with van der Waals surface area (Å²) < 4.78 is 28.4. The van der Waals surface area contributed by atoms with E-state index in [1.807, 2.05) is 48.1 Å². The van der Waals surface area contributed by atoms with Crippen molar-refractivity contribution in [2.75, 3.05) is 21.1 Å². The number of nitrogens with zero attached hydrogens (tertiary/aromatic N) is 4. The maximum Gasteiger partial charge on any atom is 0.253 e. The Kier molecular flexibility index (Phi) is 6.62. The zero-order valence-electron chi connectivity index (χ0n) is 18.5. The van der Waals surface area contributed by atoms with Gasteiger partial charge in [0.2, 0.25) is 10.0 Å². The summed E-state index contributed by atoms with van der Waals surface area (Å²) in [4.78, 5) is 14.8. The van der Waals surface area contributed by atoms with Crippen molar-refractivity contribution in [1.82, 2.24) is 19.0 Å². The van der Waals surface area contributed by atoms with Gasteiger partial charge in [-0.1, -0.05) is 30.3 Å². The minimum atomic E-state index is -3.65. The lowest BCUT2D eigenvalue weighted by Gasteiger charge is -2.20. The van der Waals surface area contributed by atoms with Gasteiger partial charge in [-0.15, -0.1) is 0 Å². The molecule has 0 saturated carbocycles. The molecule has 0 saturated heterocycles. The molecule has 0 spiro atoms. The van der Waals surface area contributed by atoms with E-state index in [2.05, 4.69) is 5.10 Å². The van der Waals surface area contributed by atoms with Crippen molar-refractivity contribution in [3.05, 3.63) is 82.7 Å². The maximum absolute atomic E-state index is 13.0. The molecule has 31 heavy (non-hydrogen) atoms. The second-order valence-corrected chi connectivity index (χ2v) is 10.0. The summed E-state index contributed by atoms with van der Waals surface area (Å²) in [7, 11) is 1.02. The molecular formula is C23H28N4O3S. The number of carbonyl (C=O) groups is 1. The van der Waals surface area contributed by atoms with Gasteiger partial charge in [-0.2, -0.15) is 5.10 Å². The molecule has 8 heteroatoms. The van der Waals surface area contributed by atoms with Crippen molar-refractivity contribution in [3.63, 3.8) is 0 Å². The third kappa shape index (κ3) is 5.03. The molecule has 0 radical (unpaired) electrons. The first-order valence-corrected chi connectivity index (χ1v) is 11.4. The SMILES string of the molecule is Cc1cc(C(=O)N(C)Cc2cnn(Cc3ccccc3)c2)cc(S(=O)(=O)N(C)C)c1C. The van der Waals surface area contributed by atoms with Gasteiger partial charge in [0, 0.05) is 45.0 Å². The summed E-state index contributed by atoms with van der Waals surface area (Å²) >= 11 is 0. The molecule has 0 aliphatic rings. The average Bonchev–Trinajstić information content (AvgIpc) is 3.16. The summed E-state index contributed by atoms with van der Waals surface area (Å²) in [5.74, 6) is -0.242. The van der Waals surface area contributed by atoms with Gasteiger partial charge in [0.25, 0.3) is 5.91 Å². The van der Waals surface area contributed by atoms with Gasteiger partial charge in [-0.3, -0.25) is 9.48 Å². The van der Waals surface area contributed by atoms with Gasteiger partial charge in [-0.05, 0) is 42.7 Å². The Hall–Kier alpha value is -2.97. The topological polar surface area (TPSA) is 75.5 Å². The smallest absolute Gasteiger partial charge is 0.253 e. The van der Waals surface area contributed by atoms with Crippen molar-refractivity contribution < 1.29 is 13.2 Å². The number of hydrogen-bond acceptors (Lipinski definition) is 4. The monoisotopic (exact) mass is 440 g/mol. The van der Waals surface area contributed by atoms with Gasteiger partial charge in [-0.25, -0.2) is 12.7 Å². The number of sulfonamides is 1. The fraction of sp³-hybridized carbons (Fsp3) is 0.304. The second-order valence-electron chi connectivity index (χ2n) is 7.90. The summed E-state index contributed by atoms with van der Waals surface area (Å²) in [6.45, 7) is 4.59. The third-order valence-electron chi connectivity index (χ3n) is 5.27. The number of aryl methyl sites for hydroxylation is 1. The molecule has 0 unspecified atom stereocenters. The lowest BCUT2D eigenvalue weighted by atomic mass is 10.1. The number of hydrogen-bond donors (Lipinski definition) is 0. The molecule has 7 nitrogen and oxygen atoms in total. The lowest BCUT2D eigenvalue weighted by Crippen LogP contribution is -2.27. The number of amides is 1. The molecule has 1 aromatic heterocycles. The minimum Gasteiger partial charge on any atom is -0.337 e. The zero-order valence-corrected chi connectivity index (χ0v) is 19.3. The quantitative estimate of drug-likeness (QED) is 0.566. The Balaban J connectivity index is 1.78. The molecule has 2 aromatic carbocycles. The highest BCUT2D eigenvalue weighted by molar-refractivity contribution is 7.89. The van der Waals surface area contributed by atoms with Crippen LogP contribution >= 0.6 is 0 Å². The van der Waals surface area contributed by atoms with Crippen molar-refractivity contribution in [2.45, 2.75) is 31.8 Å². The summed E-state index contributed by atoms with van der Waals surface area (Å²) in [6, 6.07) is 13.2. The third-order valence-corrected chi connectivity index (χ3v) is 7.21. The fourth-order valence-corrected chi connectivity index (χ4v) is 4.54. The van der Waals surface area contributed by atoms with Crippen LogP contribution in [0.15, 0.2) is 59.8 Å². The van der Waals surface area contributed by atoms with Gasteiger partial charge in [0.1, 0.15) is 0 Å². The van der Waals surface area contributed by atoms with E-state index in [4.69, 9.17) is 0 Å². The Morgan fingerprint density at radius 2 is 1.71 bits per heavy atom. The number of aromatic nitrogens is 2. The Morgan fingerprint density at radius 1 is 1.03 bits per heavy atom. The highest BCUT2D eigenvalue weighted by atomic mass is 32.2. The molecule has 0 bridgehead atoms. The van der Waals surface area contributed by atoms with Crippen molar-refractivity contribution in [2.24, 2.45) is 0 Å². The minimum absolute atomic E-state index is 0.157. The largest absolute Gasteiger partial charge is 0.337 e. The molecule has 3 rings (SSSR count). The second kappa shape index (κ2) is 9.03. The Bertz CT molecular complexity index is 1180. The van der Waals surface area contributed by atoms with E-state index in [0.29, 0.717) is 24.2 Å². The van der Waals surface area contributed by atoms with Crippen LogP contribution in [0.1, 0.15) is 32.6 Å². The first kappa shape index (κ1) is 22.7. The summed E-state index contributed by atoms with van der Waals surface area (Å²) in [5.41, 5.74) is 3.80. The molecule has 1 heterocycles. The van der Waals surface area contributed by atoms with Crippen LogP contribution in [0.5, 0.6) is 0 Å². The van der Waals surface area contributed by atoms with Crippen LogP contribution in [-0.2, 0) is 23.1 Å².